The van der Waals surface area contributed by atoms with Crippen LogP contribution in [0, 0.1) is 11.8 Å². The number of nitrogens with one attached hydrogen (secondary N) is 1. The van der Waals surface area contributed by atoms with Crippen molar-refractivity contribution in [2.75, 3.05) is 13.2 Å². The Morgan fingerprint density at radius 1 is 0.892 bits per heavy atom. The summed E-state index contributed by atoms with van der Waals surface area (Å²) in [5.74, 6) is -0.451. The molecule has 3 aromatic rings. The zero-order chi connectivity index (χ0) is 26.0. The van der Waals surface area contributed by atoms with Crippen molar-refractivity contribution in [3.05, 3.63) is 107 Å². The van der Waals surface area contributed by atoms with E-state index in [9.17, 15) is 9.59 Å². The number of rotatable bonds is 7. The van der Waals surface area contributed by atoms with Crippen LogP contribution in [-0.4, -0.2) is 37.4 Å². The lowest BCUT2D eigenvalue weighted by Gasteiger charge is -2.31. The molecular formula is C30H32ClNO5. The molecule has 1 aliphatic heterocycles. The summed E-state index contributed by atoms with van der Waals surface area (Å²) >= 11 is 6.09. The molecule has 3 aromatic carbocycles. The van der Waals surface area contributed by atoms with Gasteiger partial charge in [0, 0.05) is 10.9 Å². The molecule has 0 aliphatic carbocycles. The van der Waals surface area contributed by atoms with Gasteiger partial charge in [0.25, 0.3) is 0 Å². The van der Waals surface area contributed by atoms with E-state index >= 15 is 0 Å². The van der Waals surface area contributed by atoms with Crippen LogP contribution in [0.4, 0.5) is 4.79 Å². The summed E-state index contributed by atoms with van der Waals surface area (Å²) in [5, 5.41) is 3.30. The highest BCUT2D eigenvalue weighted by atomic mass is 35.5. The van der Waals surface area contributed by atoms with Gasteiger partial charge in [0.2, 0.25) is 0 Å². The minimum atomic E-state index is -0.961. The van der Waals surface area contributed by atoms with E-state index in [1.165, 1.54) is 0 Å². The predicted molar refractivity (Wildman–Crippen MR) is 142 cm³/mol. The van der Waals surface area contributed by atoms with Crippen molar-refractivity contribution in [3.63, 3.8) is 0 Å². The van der Waals surface area contributed by atoms with E-state index in [0.717, 1.165) is 29.5 Å². The van der Waals surface area contributed by atoms with Crippen molar-refractivity contribution in [1.82, 2.24) is 5.32 Å². The molecule has 1 aliphatic rings. The average molecular weight is 522 g/mol. The van der Waals surface area contributed by atoms with E-state index < -0.39 is 24.2 Å². The van der Waals surface area contributed by atoms with Gasteiger partial charge in [-0.2, -0.15) is 0 Å². The largest absolute Gasteiger partial charge is 0.461 e. The smallest absolute Gasteiger partial charge is 0.408 e. The summed E-state index contributed by atoms with van der Waals surface area (Å²) in [6, 6.07) is 26.3. The molecule has 0 unspecified atom stereocenters. The molecule has 6 nitrogen and oxygen atoms in total. The van der Waals surface area contributed by atoms with Crippen LogP contribution in [0.1, 0.15) is 23.6 Å². The van der Waals surface area contributed by atoms with Crippen LogP contribution < -0.4 is 5.32 Å². The summed E-state index contributed by atoms with van der Waals surface area (Å²) in [7, 11) is 0. The van der Waals surface area contributed by atoms with Gasteiger partial charge in [-0.1, -0.05) is 84.4 Å². The standard InChI is InChI=1S/C30H32ClNO5/c1-21-27(17-22-8-4-2-5-9-22)25(16-23-12-14-26(31)15-13-23)19-35-20-28(29(33)37-21)32-30(34)36-18-24-10-6-3-7-11-24/h2-15,21,25,27-28H,16-20H2,1H3,(H,32,34)/t21-,25-,27-,28-/m0/s1. The predicted octanol–water partition coefficient (Wildman–Crippen LogP) is 5.61. The number of ether oxygens (including phenoxy) is 3. The fourth-order valence-corrected chi connectivity index (χ4v) is 4.75. The fraction of sp³-hybridized carbons (Fsp3) is 0.333. The fourth-order valence-electron chi connectivity index (χ4n) is 4.62. The van der Waals surface area contributed by atoms with Gasteiger partial charge in [0.1, 0.15) is 12.7 Å². The first-order valence-electron chi connectivity index (χ1n) is 12.5. The molecule has 4 atom stereocenters. The number of halogens is 1. The number of cyclic esters (lactones) is 1. The van der Waals surface area contributed by atoms with E-state index in [-0.39, 0.29) is 25.0 Å². The van der Waals surface area contributed by atoms with Crippen LogP contribution in [0.15, 0.2) is 84.9 Å². The number of carbonyl (C=O) groups is 2. The lowest BCUT2D eigenvalue weighted by atomic mass is 9.80. The molecule has 1 N–H and O–H groups in total. The highest BCUT2D eigenvalue weighted by Crippen LogP contribution is 2.29. The molecule has 194 valence electrons. The summed E-state index contributed by atoms with van der Waals surface area (Å²) in [4.78, 5) is 25.5. The molecule has 1 fully saturated rings. The van der Waals surface area contributed by atoms with Crippen molar-refractivity contribution < 1.29 is 23.8 Å². The molecule has 0 spiro atoms. The van der Waals surface area contributed by atoms with Crippen LogP contribution >= 0.6 is 11.6 Å². The Bertz CT molecular complexity index is 1140. The Morgan fingerprint density at radius 2 is 1.51 bits per heavy atom. The van der Waals surface area contributed by atoms with Crippen molar-refractivity contribution in [1.29, 1.82) is 0 Å². The number of hydrogen-bond donors (Lipinski definition) is 1. The molecule has 37 heavy (non-hydrogen) atoms. The summed E-state index contributed by atoms with van der Waals surface area (Å²) in [5.41, 5.74) is 3.15. The topological polar surface area (TPSA) is 73.9 Å². The lowest BCUT2D eigenvalue weighted by Crippen LogP contribution is -2.46. The van der Waals surface area contributed by atoms with Gasteiger partial charge in [-0.25, -0.2) is 9.59 Å². The number of esters is 1. The minimum Gasteiger partial charge on any atom is -0.461 e. The van der Waals surface area contributed by atoms with Crippen LogP contribution in [0.3, 0.4) is 0 Å². The van der Waals surface area contributed by atoms with Gasteiger partial charge in [0.05, 0.1) is 13.2 Å². The molecule has 7 heteroatoms. The van der Waals surface area contributed by atoms with Gasteiger partial charge in [-0.15, -0.1) is 0 Å². The maximum absolute atomic E-state index is 13.1. The second-order valence-corrected chi connectivity index (χ2v) is 9.82. The van der Waals surface area contributed by atoms with Crippen molar-refractivity contribution in [3.8, 4) is 0 Å². The first-order chi connectivity index (χ1) is 18.0. The zero-order valence-corrected chi connectivity index (χ0v) is 21.6. The van der Waals surface area contributed by atoms with Gasteiger partial charge >= 0.3 is 12.1 Å². The number of alkyl carbamates (subject to hydrolysis) is 1. The summed E-state index contributed by atoms with van der Waals surface area (Å²) < 4.78 is 17.2. The van der Waals surface area contributed by atoms with Gasteiger partial charge in [0.15, 0.2) is 6.04 Å². The highest BCUT2D eigenvalue weighted by Gasteiger charge is 2.35. The Kier molecular flexibility index (Phi) is 9.58. The normalized spacial score (nSPS) is 22.2. The van der Waals surface area contributed by atoms with Crippen LogP contribution in [0.2, 0.25) is 5.02 Å². The Labute approximate surface area is 222 Å². The van der Waals surface area contributed by atoms with Crippen molar-refractivity contribution in [2.24, 2.45) is 11.8 Å². The lowest BCUT2D eigenvalue weighted by molar-refractivity contribution is -0.154. The first-order valence-corrected chi connectivity index (χ1v) is 12.9. The van der Waals surface area contributed by atoms with Crippen molar-refractivity contribution in [2.45, 2.75) is 38.5 Å². The van der Waals surface area contributed by atoms with Crippen molar-refractivity contribution >= 4 is 23.7 Å². The van der Waals surface area contributed by atoms with Crippen LogP contribution in [0.5, 0.6) is 0 Å². The number of hydrogen-bond acceptors (Lipinski definition) is 5. The SMILES string of the molecule is C[C@@H]1OC(=O)[C@@H](NC(=O)OCc2ccccc2)COC[C@H](Cc2ccc(Cl)cc2)[C@H]1Cc1ccccc1. The average Bonchev–Trinajstić information content (AvgIpc) is 2.95. The second kappa shape index (κ2) is 13.3. The maximum atomic E-state index is 13.1. The molecule has 4 rings (SSSR count). The third-order valence-electron chi connectivity index (χ3n) is 6.64. The van der Waals surface area contributed by atoms with E-state index in [1.54, 1.807) is 0 Å². The molecule has 0 saturated carbocycles. The minimum absolute atomic E-state index is 0.00116. The molecule has 1 saturated heterocycles. The number of amides is 1. The van der Waals surface area contributed by atoms with E-state index in [2.05, 4.69) is 17.4 Å². The Balaban J connectivity index is 1.46. The molecular weight excluding hydrogens is 490 g/mol. The third-order valence-corrected chi connectivity index (χ3v) is 6.89. The van der Waals surface area contributed by atoms with Gasteiger partial charge in [-0.05, 0) is 54.5 Å². The maximum Gasteiger partial charge on any atom is 0.408 e. The summed E-state index contributed by atoms with van der Waals surface area (Å²) in [6.45, 7) is 2.43. The van der Waals surface area contributed by atoms with Gasteiger partial charge < -0.3 is 19.5 Å². The van der Waals surface area contributed by atoms with E-state index in [1.807, 2.05) is 79.7 Å². The molecule has 1 heterocycles. The first kappa shape index (κ1) is 26.7. The monoisotopic (exact) mass is 521 g/mol. The molecule has 0 radical (unpaired) electrons. The van der Waals surface area contributed by atoms with Crippen LogP contribution in [0.25, 0.3) is 0 Å². The number of benzene rings is 3. The van der Waals surface area contributed by atoms with Crippen LogP contribution in [-0.2, 0) is 38.5 Å². The second-order valence-electron chi connectivity index (χ2n) is 9.38. The number of carbonyl (C=O) groups excluding carboxylic acids is 2. The zero-order valence-electron chi connectivity index (χ0n) is 20.8. The van der Waals surface area contributed by atoms with E-state index in [4.69, 9.17) is 25.8 Å². The molecule has 1 amide bonds. The highest BCUT2D eigenvalue weighted by molar-refractivity contribution is 6.30. The van der Waals surface area contributed by atoms with E-state index in [0.29, 0.717) is 11.6 Å². The molecule has 0 bridgehead atoms. The Hall–Kier alpha value is -3.35. The quantitative estimate of drug-likeness (QED) is 0.409. The Morgan fingerprint density at radius 3 is 2.19 bits per heavy atom. The molecule has 0 aromatic heterocycles. The summed E-state index contributed by atoms with van der Waals surface area (Å²) in [6.07, 6.45) is 0.387. The third kappa shape index (κ3) is 8.07. The van der Waals surface area contributed by atoms with Gasteiger partial charge in [-0.3, -0.25) is 0 Å².